The monoisotopic (exact) mass is 491 g/mol. The van der Waals surface area contributed by atoms with Gasteiger partial charge < -0.3 is 4.74 Å². The second kappa shape index (κ2) is 10.0. The highest BCUT2D eigenvalue weighted by atomic mass is 79.9. The van der Waals surface area contributed by atoms with Crippen molar-refractivity contribution < 1.29 is 14.3 Å². The smallest absolute Gasteiger partial charge is 0.276 e. The molecule has 0 spiro atoms. The summed E-state index contributed by atoms with van der Waals surface area (Å²) in [5.41, 5.74) is 8.46. The Labute approximate surface area is 190 Å². The number of hydrazine groups is 1. The van der Waals surface area contributed by atoms with Crippen LogP contribution in [-0.4, -0.2) is 23.5 Å². The molecule has 0 aliphatic rings. The van der Waals surface area contributed by atoms with E-state index < -0.39 is 5.91 Å². The molecule has 2 rings (SSSR count). The molecule has 0 bridgehead atoms. The van der Waals surface area contributed by atoms with Gasteiger partial charge in [-0.15, -0.1) is 0 Å². The van der Waals surface area contributed by atoms with Crippen LogP contribution in [0.25, 0.3) is 0 Å². The van der Waals surface area contributed by atoms with Gasteiger partial charge >= 0.3 is 0 Å². The molecule has 2 aromatic carbocycles. The first kappa shape index (κ1) is 23.8. The molecule has 0 aromatic heterocycles. The number of ether oxygens (including phenoxy) is 1. The Bertz CT molecular complexity index is 971. The Hall–Kier alpha value is -2.45. The van der Waals surface area contributed by atoms with Gasteiger partial charge in [0.1, 0.15) is 5.75 Å². The molecular weight excluding hydrogens is 466 g/mol. The van der Waals surface area contributed by atoms with Crippen molar-refractivity contribution in [1.82, 2.24) is 16.2 Å². The standard InChI is InChI=1S/C22H26BrN3O3S/c1-13-6-9-18(14(2)10-13)29-12-19(27)25-26-21(30)24-20(28)15-7-8-16(17(23)11-15)22(3,4)5/h6-11H,12H2,1-5H3,(H,25,27)(H2,24,26,28,30). The van der Waals surface area contributed by atoms with E-state index in [0.717, 1.165) is 21.2 Å². The SMILES string of the molecule is Cc1ccc(OCC(=O)NNC(=S)NC(=O)c2ccc(C(C)(C)C)c(Br)c2)c(C)c1. The molecule has 0 radical (unpaired) electrons. The molecule has 0 aliphatic carbocycles. The summed E-state index contributed by atoms with van der Waals surface area (Å²) in [5.74, 6) is -0.172. The molecule has 0 unspecified atom stereocenters. The predicted octanol–water partition coefficient (Wildman–Crippen LogP) is 4.08. The van der Waals surface area contributed by atoms with Crippen LogP contribution in [0.2, 0.25) is 0 Å². The third kappa shape index (κ3) is 6.81. The molecule has 0 aliphatic heterocycles. The fraction of sp³-hybridized carbons (Fsp3) is 0.318. The van der Waals surface area contributed by atoms with Gasteiger partial charge in [-0.1, -0.05) is 60.5 Å². The molecule has 0 saturated carbocycles. The minimum atomic E-state index is -0.427. The highest BCUT2D eigenvalue weighted by Crippen LogP contribution is 2.30. The van der Waals surface area contributed by atoms with Crippen molar-refractivity contribution in [3.63, 3.8) is 0 Å². The largest absolute Gasteiger partial charge is 0.483 e. The van der Waals surface area contributed by atoms with E-state index in [1.807, 2.05) is 38.1 Å². The number of hydrogen-bond donors (Lipinski definition) is 3. The van der Waals surface area contributed by atoms with E-state index in [0.29, 0.717) is 11.3 Å². The highest BCUT2D eigenvalue weighted by Gasteiger charge is 2.18. The van der Waals surface area contributed by atoms with Crippen LogP contribution < -0.4 is 20.9 Å². The van der Waals surface area contributed by atoms with Crippen molar-refractivity contribution in [2.24, 2.45) is 0 Å². The average Bonchev–Trinajstić information content (AvgIpc) is 2.64. The number of nitrogens with one attached hydrogen (secondary N) is 3. The number of carbonyl (C=O) groups is 2. The lowest BCUT2D eigenvalue weighted by Crippen LogP contribution is -2.49. The van der Waals surface area contributed by atoms with Gasteiger partial charge in [0.25, 0.3) is 11.8 Å². The number of thiocarbonyl (C=S) groups is 1. The maximum Gasteiger partial charge on any atom is 0.276 e. The zero-order valence-electron chi connectivity index (χ0n) is 17.7. The summed E-state index contributed by atoms with van der Waals surface area (Å²) in [7, 11) is 0. The molecule has 0 atom stereocenters. The molecule has 3 N–H and O–H groups in total. The van der Waals surface area contributed by atoms with E-state index in [2.05, 4.69) is 52.9 Å². The van der Waals surface area contributed by atoms with Gasteiger partial charge in [0, 0.05) is 10.0 Å². The number of hydrogen-bond acceptors (Lipinski definition) is 4. The molecular formula is C22H26BrN3O3S. The Morgan fingerprint density at radius 1 is 1.07 bits per heavy atom. The van der Waals surface area contributed by atoms with Crippen LogP contribution in [0.5, 0.6) is 5.75 Å². The maximum atomic E-state index is 12.4. The van der Waals surface area contributed by atoms with E-state index in [-0.39, 0.29) is 23.0 Å². The molecule has 2 amide bonds. The van der Waals surface area contributed by atoms with Gasteiger partial charge in [0.2, 0.25) is 0 Å². The van der Waals surface area contributed by atoms with Crippen molar-refractivity contribution in [1.29, 1.82) is 0 Å². The maximum absolute atomic E-state index is 12.4. The summed E-state index contributed by atoms with van der Waals surface area (Å²) in [4.78, 5) is 24.3. The molecule has 0 heterocycles. The Morgan fingerprint density at radius 3 is 2.37 bits per heavy atom. The van der Waals surface area contributed by atoms with E-state index >= 15 is 0 Å². The predicted molar refractivity (Wildman–Crippen MR) is 126 cm³/mol. The molecule has 30 heavy (non-hydrogen) atoms. The fourth-order valence-corrected chi connectivity index (χ4v) is 3.86. The minimum absolute atomic E-state index is 0.0177. The van der Waals surface area contributed by atoms with Crippen molar-refractivity contribution in [2.75, 3.05) is 6.61 Å². The van der Waals surface area contributed by atoms with E-state index in [9.17, 15) is 9.59 Å². The molecule has 160 valence electrons. The van der Waals surface area contributed by atoms with Gasteiger partial charge in [-0.25, -0.2) is 0 Å². The summed E-state index contributed by atoms with van der Waals surface area (Å²) in [6.45, 7) is 10.00. The van der Waals surface area contributed by atoms with Crippen LogP contribution in [0, 0.1) is 13.8 Å². The number of aryl methyl sites for hydroxylation is 2. The van der Waals surface area contributed by atoms with Crippen LogP contribution in [-0.2, 0) is 10.2 Å². The van der Waals surface area contributed by atoms with Gasteiger partial charge in [-0.2, -0.15) is 0 Å². The lowest BCUT2D eigenvalue weighted by molar-refractivity contribution is -0.123. The number of benzene rings is 2. The van der Waals surface area contributed by atoms with Gasteiger partial charge in [0.15, 0.2) is 11.7 Å². The number of amides is 2. The molecule has 8 heteroatoms. The zero-order valence-corrected chi connectivity index (χ0v) is 20.1. The normalized spacial score (nSPS) is 10.9. The lowest BCUT2D eigenvalue weighted by atomic mass is 9.86. The van der Waals surface area contributed by atoms with Gasteiger partial charge in [-0.3, -0.25) is 25.8 Å². The minimum Gasteiger partial charge on any atom is -0.483 e. The first-order valence-electron chi connectivity index (χ1n) is 9.37. The molecule has 0 fully saturated rings. The molecule has 2 aromatic rings. The molecule has 6 nitrogen and oxygen atoms in total. The van der Waals surface area contributed by atoms with Crippen LogP contribution in [0.15, 0.2) is 40.9 Å². The van der Waals surface area contributed by atoms with Gasteiger partial charge in [-0.05, 0) is 60.8 Å². The zero-order chi connectivity index (χ0) is 22.5. The van der Waals surface area contributed by atoms with Crippen LogP contribution in [0.4, 0.5) is 0 Å². The van der Waals surface area contributed by atoms with Crippen LogP contribution in [0.1, 0.15) is 47.8 Å². The van der Waals surface area contributed by atoms with E-state index in [1.165, 1.54) is 0 Å². The Kier molecular flexibility index (Phi) is 7.97. The summed E-state index contributed by atoms with van der Waals surface area (Å²) in [5, 5.41) is 2.51. The summed E-state index contributed by atoms with van der Waals surface area (Å²) >= 11 is 8.58. The Morgan fingerprint density at radius 2 is 1.77 bits per heavy atom. The van der Waals surface area contributed by atoms with Gasteiger partial charge in [0.05, 0.1) is 0 Å². The molecule has 0 saturated heterocycles. The lowest BCUT2D eigenvalue weighted by Gasteiger charge is -2.21. The van der Waals surface area contributed by atoms with Crippen molar-refractivity contribution >= 4 is 45.1 Å². The number of halogens is 1. The van der Waals surface area contributed by atoms with Crippen LogP contribution in [0.3, 0.4) is 0 Å². The van der Waals surface area contributed by atoms with E-state index in [4.69, 9.17) is 17.0 Å². The Balaban J connectivity index is 1.83. The topological polar surface area (TPSA) is 79.5 Å². The van der Waals surface area contributed by atoms with Crippen LogP contribution >= 0.6 is 28.1 Å². The van der Waals surface area contributed by atoms with Crippen molar-refractivity contribution in [2.45, 2.75) is 40.0 Å². The van der Waals surface area contributed by atoms with Crippen molar-refractivity contribution in [3.05, 3.63) is 63.1 Å². The third-order valence-corrected chi connectivity index (χ3v) is 5.13. The highest BCUT2D eigenvalue weighted by molar-refractivity contribution is 9.10. The third-order valence-electron chi connectivity index (χ3n) is 4.27. The first-order valence-corrected chi connectivity index (χ1v) is 10.6. The second-order valence-electron chi connectivity index (χ2n) is 7.96. The summed E-state index contributed by atoms with van der Waals surface area (Å²) in [6, 6.07) is 11.1. The van der Waals surface area contributed by atoms with E-state index in [1.54, 1.807) is 12.1 Å². The fourth-order valence-electron chi connectivity index (χ4n) is 2.74. The first-order chi connectivity index (χ1) is 14.0. The second-order valence-corrected chi connectivity index (χ2v) is 9.22. The summed E-state index contributed by atoms with van der Waals surface area (Å²) in [6.07, 6.45) is 0. The number of carbonyl (C=O) groups excluding carboxylic acids is 2. The van der Waals surface area contributed by atoms with Crippen molar-refractivity contribution in [3.8, 4) is 5.75 Å². The number of rotatable bonds is 4. The summed E-state index contributed by atoms with van der Waals surface area (Å²) < 4.78 is 6.35. The quantitative estimate of drug-likeness (QED) is 0.443. The average molecular weight is 492 g/mol.